The van der Waals surface area contributed by atoms with Crippen molar-refractivity contribution in [3.05, 3.63) is 82.9 Å². The zero-order chi connectivity index (χ0) is 28.6. The van der Waals surface area contributed by atoms with Gasteiger partial charge in [0, 0.05) is 5.39 Å². The summed E-state index contributed by atoms with van der Waals surface area (Å²) in [5.74, 6) is -0.904. The van der Waals surface area contributed by atoms with Crippen LogP contribution in [0.2, 0.25) is 0 Å². The maximum Gasteiger partial charge on any atom is 0.422 e. The largest absolute Gasteiger partial charge is 0.478 e. The minimum atomic E-state index is -4.71. The number of imidazole rings is 1. The summed E-state index contributed by atoms with van der Waals surface area (Å²) < 4.78 is 74.4. The van der Waals surface area contributed by atoms with Crippen LogP contribution in [0, 0.1) is 22.7 Å². The first kappa shape index (κ1) is 27.4. The van der Waals surface area contributed by atoms with E-state index in [1.807, 2.05) is 12.1 Å². The Kier molecular flexibility index (Phi) is 6.95. The van der Waals surface area contributed by atoms with Crippen LogP contribution in [0.4, 0.5) is 13.2 Å². The Morgan fingerprint density at radius 2 is 1.74 bits per heavy atom. The van der Waals surface area contributed by atoms with Crippen molar-refractivity contribution in [1.29, 1.82) is 10.5 Å². The molecule has 0 aliphatic heterocycles. The molecule has 0 amide bonds. The number of pyridine rings is 1. The van der Waals surface area contributed by atoms with E-state index in [1.54, 1.807) is 0 Å². The van der Waals surface area contributed by atoms with Gasteiger partial charge in [0.1, 0.15) is 18.0 Å². The van der Waals surface area contributed by atoms with Crippen LogP contribution < -0.4 is 9.47 Å². The molecular weight excluding hydrogens is 539 g/mol. The zero-order valence-corrected chi connectivity index (χ0v) is 21.1. The molecule has 4 aromatic rings. The van der Waals surface area contributed by atoms with E-state index in [2.05, 4.69) is 9.97 Å². The highest BCUT2D eigenvalue weighted by Crippen LogP contribution is 2.41. The van der Waals surface area contributed by atoms with Crippen LogP contribution in [0.1, 0.15) is 27.9 Å². The van der Waals surface area contributed by atoms with Gasteiger partial charge in [-0.15, -0.1) is 0 Å². The van der Waals surface area contributed by atoms with Crippen LogP contribution >= 0.6 is 0 Å². The van der Waals surface area contributed by atoms with Gasteiger partial charge in [0.05, 0.1) is 42.4 Å². The van der Waals surface area contributed by atoms with Crippen molar-refractivity contribution in [2.24, 2.45) is 0 Å². The number of alkyl halides is 3. The summed E-state index contributed by atoms with van der Waals surface area (Å²) in [4.78, 5) is 8.03. The molecule has 2 aromatic carbocycles. The predicted octanol–water partition coefficient (Wildman–Crippen LogP) is 3.22. The van der Waals surface area contributed by atoms with E-state index in [-0.39, 0.29) is 44.7 Å². The van der Waals surface area contributed by atoms with Crippen LogP contribution in [0.15, 0.2) is 55.0 Å². The summed E-state index contributed by atoms with van der Waals surface area (Å²) in [5.41, 5.74) is -2.20. The first-order valence-electron chi connectivity index (χ1n) is 10.9. The first-order valence-corrected chi connectivity index (χ1v) is 12.8. The van der Waals surface area contributed by atoms with Crippen LogP contribution in [-0.4, -0.2) is 53.6 Å². The molecular formula is C25H18F3N5O5S. The molecule has 2 aromatic heterocycles. The molecule has 0 bridgehead atoms. The Balaban J connectivity index is 2.04. The number of hydrogen-bond acceptors (Lipinski definition) is 9. The number of benzene rings is 2. The number of nitriles is 2. The van der Waals surface area contributed by atoms with Gasteiger partial charge in [-0.3, -0.25) is 0 Å². The molecule has 1 atom stereocenters. The molecule has 39 heavy (non-hydrogen) atoms. The van der Waals surface area contributed by atoms with Gasteiger partial charge in [-0.05, 0) is 35.4 Å². The second-order valence-corrected chi connectivity index (χ2v) is 10.2. The topological polar surface area (TPSA) is 151 Å². The van der Waals surface area contributed by atoms with Crippen molar-refractivity contribution in [2.75, 3.05) is 20.0 Å². The summed E-state index contributed by atoms with van der Waals surface area (Å²) >= 11 is 0. The average Bonchev–Trinajstić information content (AvgIpc) is 3.41. The molecule has 0 radical (unpaired) electrons. The smallest absolute Gasteiger partial charge is 0.422 e. The fourth-order valence-corrected chi connectivity index (χ4v) is 4.80. The molecule has 0 spiro atoms. The lowest BCUT2D eigenvalue weighted by atomic mass is 9.82. The van der Waals surface area contributed by atoms with Crippen LogP contribution in [-0.2, 0) is 15.6 Å². The molecule has 1 unspecified atom stereocenters. The summed E-state index contributed by atoms with van der Waals surface area (Å²) in [5, 5.41) is 31.3. The summed E-state index contributed by atoms with van der Waals surface area (Å²) in [7, 11) is -2.81. The number of fused-ring (bicyclic) bond motifs is 1. The second-order valence-electron chi connectivity index (χ2n) is 8.31. The van der Waals surface area contributed by atoms with Gasteiger partial charge in [-0.25, -0.2) is 22.4 Å². The number of hydrogen-bond donors (Lipinski definition) is 1. The van der Waals surface area contributed by atoms with Gasteiger partial charge in [0.15, 0.2) is 18.0 Å². The number of halogens is 3. The Labute approximate surface area is 220 Å². The summed E-state index contributed by atoms with van der Waals surface area (Å²) in [6.07, 6.45) is -1.67. The van der Waals surface area contributed by atoms with E-state index in [4.69, 9.17) is 9.47 Å². The Bertz CT molecular complexity index is 1760. The molecule has 0 fully saturated rings. The fourth-order valence-electron chi connectivity index (χ4n) is 4.03. The summed E-state index contributed by atoms with van der Waals surface area (Å²) in [6, 6.07) is 13.5. The first-order chi connectivity index (χ1) is 18.3. The summed E-state index contributed by atoms with van der Waals surface area (Å²) in [6.45, 7) is -1.71. The number of aliphatic hydroxyl groups is 1. The van der Waals surface area contributed by atoms with Crippen LogP contribution in [0.25, 0.3) is 10.9 Å². The zero-order valence-electron chi connectivity index (χ0n) is 20.3. The Morgan fingerprint density at radius 3 is 2.31 bits per heavy atom. The van der Waals surface area contributed by atoms with Gasteiger partial charge in [-0.2, -0.15) is 23.7 Å². The van der Waals surface area contributed by atoms with E-state index in [0.717, 1.165) is 29.9 Å². The van der Waals surface area contributed by atoms with E-state index < -0.39 is 34.2 Å². The SMILES string of the molecule is COc1nc2ccc(C(O)(c3ccc(C#N)cc3)c3cncn3S(C)(=O)=O)cc2c(C#N)c1OCC(F)(F)F. The highest BCUT2D eigenvalue weighted by atomic mass is 32.2. The Hall–Kier alpha value is -4.66. The maximum absolute atomic E-state index is 12.9. The number of ether oxygens (including phenoxy) is 2. The predicted molar refractivity (Wildman–Crippen MR) is 130 cm³/mol. The monoisotopic (exact) mass is 557 g/mol. The van der Waals surface area contributed by atoms with Gasteiger partial charge in [0.2, 0.25) is 10.0 Å². The minimum Gasteiger partial charge on any atom is -0.478 e. The van der Waals surface area contributed by atoms with Crippen molar-refractivity contribution >= 4 is 20.9 Å². The number of rotatable bonds is 7. The molecule has 0 saturated carbocycles. The number of nitrogens with zero attached hydrogens (tertiary/aromatic N) is 5. The third-order valence-electron chi connectivity index (χ3n) is 5.78. The molecule has 0 aliphatic rings. The van der Waals surface area contributed by atoms with Gasteiger partial charge in [0.25, 0.3) is 5.88 Å². The van der Waals surface area contributed by atoms with Gasteiger partial charge < -0.3 is 14.6 Å². The van der Waals surface area contributed by atoms with Crippen LogP contribution in [0.3, 0.4) is 0 Å². The third kappa shape index (κ3) is 5.07. The van der Waals surface area contributed by atoms with Gasteiger partial charge >= 0.3 is 6.18 Å². The molecule has 10 nitrogen and oxygen atoms in total. The van der Waals surface area contributed by atoms with E-state index in [0.29, 0.717) is 0 Å². The second kappa shape index (κ2) is 9.90. The van der Waals surface area contributed by atoms with E-state index >= 15 is 0 Å². The molecule has 1 N–H and O–H groups in total. The lowest BCUT2D eigenvalue weighted by Gasteiger charge is -2.30. The highest BCUT2D eigenvalue weighted by Gasteiger charge is 2.39. The number of aromatic nitrogens is 3. The van der Waals surface area contributed by atoms with Crippen molar-refractivity contribution in [3.8, 4) is 23.8 Å². The van der Waals surface area contributed by atoms with Gasteiger partial charge in [-0.1, -0.05) is 18.2 Å². The minimum absolute atomic E-state index is 0.00506. The molecule has 14 heteroatoms. The lowest BCUT2D eigenvalue weighted by molar-refractivity contribution is -0.153. The molecule has 0 aliphatic carbocycles. The van der Waals surface area contributed by atoms with Crippen molar-refractivity contribution < 1.29 is 36.2 Å². The normalized spacial score (nSPS) is 13.3. The van der Waals surface area contributed by atoms with E-state index in [1.165, 1.54) is 42.5 Å². The Morgan fingerprint density at radius 1 is 1.08 bits per heavy atom. The molecule has 2 heterocycles. The quantitative estimate of drug-likeness (QED) is 0.361. The maximum atomic E-state index is 12.9. The van der Waals surface area contributed by atoms with Crippen molar-refractivity contribution in [3.63, 3.8) is 0 Å². The fraction of sp³-hybridized carbons (Fsp3) is 0.200. The molecule has 200 valence electrons. The average molecular weight is 558 g/mol. The van der Waals surface area contributed by atoms with Crippen molar-refractivity contribution in [1.82, 2.24) is 13.9 Å². The van der Waals surface area contributed by atoms with Crippen LogP contribution in [0.5, 0.6) is 11.6 Å². The molecule has 4 rings (SSSR count). The number of methoxy groups -OCH3 is 1. The van der Waals surface area contributed by atoms with E-state index in [9.17, 15) is 37.2 Å². The van der Waals surface area contributed by atoms with Crippen molar-refractivity contribution in [2.45, 2.75) is 11.8 Å². The lowest BCUT2D eigenvalue weighted by Crippen LogP contribution is -2.33. The third-order valence-corrected chi connectivity index (χ3v) is 6.78. The highest BCUT2D eigenvalue weighted by molar-refractivity contribution is 7.89. The molecule has 0 saturated heterocycles. The standard InChI is InChI=1S/C25H18F3N5O5S/c1-37-23-22(38-13-24(26,27)28)19(11-30)18-9-17(7-8-20(18)32-23)25(34,16-5-3-15(10-29)4-6-16)21-12-31-14-33(21)39(2,35)36/h3-9,12,14,34H,13H2,1-2H3.